The van der Waals surface area contributed by atoms with Crippen LogP contribution >= 0.6 is 7.60 Å². The number of hydrogen-bond acceptors (Lipinski definition) is 4. The van der Waals surface area contributed by atoms with Crippen molar-refractivity contribution in [3.05, 3.63) is 0 Å². The van der Waals surface area contributed by atoms with E-state index < -0.39 is 7.60 Å². The first kappa shape index (κ1) is 10.2. The highest BCUT2D eigenvalue weighted by atomic mass is 31.2. The zero-order chi connectivity index (χ0) is 9.19. The maximum Gasteiger partial charge on any atom is 0.361 e. The zero-order valence-corrected chi connectivity index (χ0v) is 8.54. The summed E-state index contributed by atoms with van der Waals surface area (Å²) in [6.07, 6.45) is 0.00827. The van der Waals surface area contributed by atoms with Gasteiger partial charge in [0.2, 0.25) is 0 Å². The molecule has 1 aliphatic rings. The van der Waals surface area contributed by atoms with E-state index in [2.05, 4.69) is 0 Å². The molecule has 1 fully saturated rings. The number of hydrogen-bond donors (Lipinski definition) is 0. The average Bonchev–Trinajstić information content (AvgIpc) is 2.68. The van der Waals surface area contributed by atoms with Crippen molar-refractivity contribution >= 4 is 7.60 Å². The third-order valence-electron chi connectivity index (χ3n) is 1.61. The van der Waals surface area contributed by atoms with Crippen LogP contribution < -0.4 is 0 Å². The van der Waals surface area contributed by atoms with E-state index in [-0.39, 0.29) is 11.9 Å². The van der Waals surface area contributed by atoms with E-state index in [4.69, 9.17) is 13.8 Å². The van der Waals surface area contributed by atoms with Gasteiger partial charge in [-0.1, -0.05) is 0 Å². The van der Waals surface area contributed by atoms with Crippen LogP contribution in [-0.2, 0) is 18.3 Å². The molecule has 0 unspecified atom stereocenters. The van der Waals surface area contributed by atoms with E-state index in [1.165, 1.54) is 0 Å². The number of ether oxygens (including phenoxy) is 1. The van der Waals surface area contributed by atoms with Gasteiger partial charge in [0.15, 0.2) is 5.85 Å². The monoisotopic (exact) mass is 194 g/mol. The number of epoxide rings is 1. The fourth-order valence-corrected chi connectivity index (χ4v) is 2.99. The topological polar surface area (TPSA) is 48.1 Å². The highest BCUT2D eigenvalue weighted by Gasteiger charge is 2.52. The normalized spacial score (nSPS) is 28.9. The predicted molar refractivity (Wildman–Crippen MR) is 45.2 cm³/mol. The van der Waals surface area contributed by atoms with Gasteiger partial charge in [0.05, 0.1) is 19.3 Å². The van der Waals surface area contributed by atoms with Crippen LogP contribution in [0, 0.1) is 0 Å². The Hall–Kier alpha value is 0.110. The third kappa shape index (κ3) is 2.07. The minimum atomic E-state index is -2.96. The van der Waals surface area contributed by atoms with Crippen molar-refractivity contribution in [1.29, 1.82) is 0 Å². The minimum absolute atomic E-state index is 0.00827. The highest BCUT2D eigenvalue weighted by Crippen LogP contribution is 2.61. The van der Waals surface area contributed by atoms with Crippen LogP contribution in [0.3, 0.4) is 0 Å². The van der Waals surface area contributed by atoms with Gasteiger partial charge in [-0.2, -0.15) is 0 Å². The molecule has 0 spiro atoms. The van der Waals surface area contributed by atoms with Crippen LogP contribution in [0.5, 0.6) is 0 Å². The van der Waals surface area contributed by atoms with Crippen molar-refractivity contribution in [2.45, 2.75) is 32.7 Å². The van der Waals surface area contributed by atoms with Crippen LogP contribution in [-0.4, -0.2) is 25.2 Å². The van der Waals surface area contributed by atoms with E-state index in [1.807, 2.05) is 6.92 Å². The van der Waals surface area contributed by atoms with Gasteiger partial charge >= 0.3 is 7.60 Å². The lowest BCUT2D eigenvalue weighted by Crippen LogP contribution is -2.02. The van der Waals surface area contributed by atoms with Gasteiger partial charge in [0.25, 0.3) is 0 Å². The van der Waals surface area contributed by atoms with Crippen molar-refractivity contribution in [3.63, 3.8) is 0 Å². The van der Waals surface area contributed by atoms with Gasteiger partial charge in [-0.05, 0) is 20.8 Å². The number of rotatable bonds is 5. The first-order chi connectivity index (χ1) is 5.64. The van der Waals surface area contributed by atoms with Crippen molar-refractivity contribution in [1.82, 2.24) is 0 Å². The molecule has 0 radical (unpaired) electrons. The van der Waals surface area contributed by atoms with Crippen molar-refractivity contribution < 1.29 is 18.3 Å². The van der Waals surface area contributed by atoms with E-state index in [0.717, 1.165) is 0 Å². The second-order valence-electron chi connectivity index (χ2n) is 2.61. The Bertz CT molecular complexity index is 184. The molecule has 0 aliphatic carbocycles. The highest BCUT2D eigenvalue weighted by molar-refractivity contribution is 7.54. The molecule has 5 heteroatoms. The van der Waals surface area contributed by atoms with Crippen molar-refractivity contribution in [2.75, 3.05) is 13.2 Å². The quantitative estimate of drug-likeness (QED) is 0.496. The average molecular weight is 194 g/mol. The summed E-state index contributed by atoms with van der Waals surface area (Å²) in [7, 11) is -2.96. The minimum Gasteiger partial charge on any atom is -0.356 e. The van der Waals surface area contributed by atoms with Gasteiger partial charge < -0.3 is 13.8 Å². The second kappa shape index (κ2) is 3.88. The molecule has 4 nitrogen and oxygen atoms in total. The SMILES string of the molecule is CCOP(=O)(OCC)[C@@H]1O[C@H]1C. The molecule has 72 valence electrons. The van der Waals surface area contributed by atoms with Crippen LogP contribution in [0.15, 0.2) is 0 Å². The Morgan fingerprint density at radius 3 is 2.00 bits per heavy atom. The predicted octanol–water partition coefficient (Wildman–Crippen LogP) is 2.00. The van der Waals surface area contributed by atoms with Crippen molar-refractivity contribution in [3.8, 4) is 0 Å². The van der Waals surface area contributed by atoms with Crippen LogP contribution in [0.4, 0.5) is 0 Å². The van der Waals surface area contributed by atoms with Gasteiger partial charge in [-0.15, -0.1) is 0 Å². The van der Waals surface area contributed by atoms with Gasteiger partial charge in [0.1, 0.15) is 0 Å². The third-order valence-corrected chi connectivity index (χ3v) is 4.01. The van der Waals surface area contributed by atoms with Gasteiger partial charge in [0, 0.05) is 0 Å². The largest absolute Gasteiger partial charge is 0.361 e. The zero-order valence-electron chi connectivity index (χ0n) is 7.65. The molecule has 12 heavy (non-hydrogen) atoms. The maximum absolute atomic E-state index is 11.8. The Kier molecular flexibility index (Phi) is 3.29. The van der Waals surface area contributed by atoms with Crippen LogP contribution in [0.25, 0.3) is 0 Å². The summed E-state index contributed by atoms with van der Waals surface area (Å²) >= 11 is 0. The fraction of sp³-hybridized carbons (Fsp3) is 1.00. The first-order valence-electron chi connectivity index (χ1n) is 4.18. The summed E-state index contributed by atoms with van der Waals surface area (Å²) in [5.74, 6) is -0.336. The standard InChI is InChI=1S/C7H15O4P/c1-4-9-12(8,10-5-2)7-6(3)11-7/h6-7H,4-5H2,1-3H3/t6-,7-/m0/s1. The van der Waals surface area contributed by atoms with E-state index >= 15 is 0 Å². The Labute approximate surface area is 72.7 Å². The molecule has 1 heterocycles. The molecule has 0 N–H and O–H groups in total. The summed E-state index contributed by atoms with van der Waals surface area (Å²) in [4.78, 5) is 0. The first-order valence-corrected chi connectivity index (χ1v) is 5.79. The molecule has 0 amide bonds. The van der Waals surface area contributed by atoms with Gasteiger partial charge in [-0.3, -0.25) is 4.57 Å². The Morgan fingerprint density at radius 1 is 1.33 bits per heavy atom. The van der Waals surface area contributed by atoms with E-state index in [1.54, 1.807) is 13.8 Å². The summed E-state index contributed by atoms with van der Waals surface area (Å²) in [6, 6.07) is 0. The Morgan fingerprint density at radius 2 is 1.75 bits per heavy atom. The molecule has 1 aliphatic heterocycles. The smallest absolute Gasteiger partial charge is 0.356 e. The lowest BCUT2D eigenvalue weighted by atomic mass is 10.6. The van der Waals surface area contributed by atoms with Gasteiger partial charge in [-0.25, -0.2) is 0 Å². The summed E-state index contributed by atoms with van der Waals surface area (Å²) in [5.41, 5.74) is 0. The summed E-state index contributed by atoms with van der Waals surface area (Å²) < 4.78 is 27.0. The molecular weight excluding hydrogens is 179 g/mol. The summed E-state index contributed by atoms with van der Waals surface area (Å²) in [5, 5.41) is 0. The van der Waals surface area contributed by atoms with E-state index in [9.17, 15) is 4.57 Å². The molecule has 0 aromatic heterocycles. The fourth-order valence-electron chi connectivity index (χ4n) is 1.05. The summed E-state index contributed by atoms with van der Waals surface area (Å²) in [6.45, 7) is 6.22. The molecular formula is C7H15O4P. The molecule has 1 saturated heterocycles. The van der Waals surface area contributed by atoms with Crippen LogP contribution in [0.2, 0.25) is 0 Å². The molecule has 0 bridgehead atoms. The molecule has 0 aromatic carbocycles. The maximum atomic E-state index is 11.8. The van der Waals surface area contributed by atoms with Crippen molar-refractivity contribution in [2.24, 2.45) is 0 Å². The van der Waals surface area contributed by atoms with Crippen LogP contribution in [0.1, 0.15) is 20.8 Å². The molecule has 0 aromatic rings. The Balaban J connectivity index is 2.53. The second-order valence-corrected chi connectivity index (χ2v) is 4.71. The lowest BCUT2D eigenvalue weighted by Gasteiger charge is -2.13. The molecule has 1 rings (SSSR count). The molecule has 2 atom stereocenters. The lowest BCUT2D eigenvalue weighted by molar-refractivity contribution is 0.208. The van der Waals surface area contributed by atoms with E-state index in [0.29, 0.717) is 13.2 Å². The molecule has 0 saturated carbocycles.